The molecule has 0 amide bonds. The SMILES string of the molecule is CNCCNCC(O)COC(Cc1ccccc1)C(=O)c1ccccc1. The van der Waals surface area contributed by atoms with E-state index in [4.69, 9.17) is 4.74 Å². The highest BCUT2D eigenvalue weighted by atomic mass is 16.5. The first-order valence-corrected chi connectivity index (χ1v) is 8.99. The average molecular weight is 356 g/mol. The van der Waals surface area contributed by atoms with Gasteiger partial charge in [0.05, 0.1) is 12.7 Å². The Bertz CT molecular complexity index is 634. The van der Waals surface area contributed by atoms with Crippen molar-refractivity contribution in [2.24, 2.45) is 0 Å². The van der Waals surface area contributed by atoms with Crippen LogP contribution in [0.4, 0.5) is 0 Å². The minimum Gasteiger partial charge on any atom is -0.389 e. The highest BCUT2D eigenvalue weighted by Gasteiger charge is 2.22. The summed E-state index contributed by atoms with van der Waals surface area (Å²) in [6, 6.07) is 18.9. The van der Waals surface area contributed by atoms with Crippen LogP contribution in [0.5, 0.6) is 0 Å². The highest BCUT2D eigenvalue weighted by Crippen LogP contribution is 2.13. The maximum absolute atomic E-state index is 12.8. The number of carbonyl (C=O) groups is 1. The maximum Gasteiger partial charge on any atom is 0.191 e. The fourth-order valence-electron chi connectivity index (χ4n) is 2.61. The van der Waals surface area contributed by atoms with Gasteiger partial charge in [-0.1, -0.05) is 60.7 Å². The Labute approximate surface area is 155 Å². The lowest BCUT2D eigenvalue weighted by Gasteiger charge is -2.20. The summed E-state index contributed by atoms with van der Waals surface area (Å²) < 4.78 is 5.83. The number of hydrogen-bond donors (Lipinski definition) is 3. The Balaban J connectivity index is 1.95. The number of ketones is 1. The van der Waals surface area contributed by atoms with Gasteiger partial charge in [0.1, 0.15) is 6.10 Å². The molecule has 0 aliphatic carbocycles. The summed E-state index contributed by atoms with van der Waals surface area (Å²) >= 11 is 0. The molecule has 2 rings (SSSR count). The minimum absolute atomic E-state index is 0.0650. The lowest BCUT2D eigenvalue weighted by molar-refractivity contribution is -0.00160. The quantitative estimate of drug-likeness (QED) is 0.399. The van der Waals surface area contributed by atoms with E-state index in [0.717, 1.165) is 18.7 Å². The van der Waals surface area contributed by atoms with Crippen molar-refractivity contribution in [2.45, 2.75) is 18.6 Å². The molecule has 0 spiro atoms. The molecule has 2 aromatic rings. The molecule has 5 nitrogen and oxygen atoms in total. The van der Waals surface area contributed by atoms with Crippen LogP contribution in [0.15, 0.2) is 60.7 Å². The summed E-state index contributed by atoms with van der Waals surface area (Å²) in [6.07, 6.45) is -0.797. The van der Waals surface area contributed by atoms with Gasteiger partial charge in [-0.25, -0.2) is 0 Å². The second-order valence-corrected chi connectivity index (χ2v) is 6.20. The van der Waals surface area contributed by atoms with Crippen molar-refractivity contribution in [1.29, 1.82) is 0 Å². The van der Waals surface area contributed by atoms with Crippen LogP contribution in [0, 0.1) is 0 Å². The van der Waals surface area contributed by atoms with Gasteiger partial charge in [-0.3, -0.25) is 4.79 Å². The molecular weight excluding hydrogens is 328 g/mol. The first-order chi connectivity index (χ1) is 12.7. The third-order valence-corrected chi connectivity index (χ3v) is 4.04. The zero-order valence-corrected chi connectivity index (χ0v) is 15.2. The van der Waals surface area contributed by atoms with Crippen molar-refractivity contribution in [3.63, 3.8) is 0 Å². The van der Waals surface area contributed by atoms with Crippen molar-refractivity contribution in [3.05, 3.63) is 71.8 Å². The zero-order chi connectivity index (χ0) is 18.6. The summed E-state index contributed by atoms with van der Waals surface area (Å²) in [7, 11) is 1.88. The fourth-order valence-corrected chi connectivity index (χ4v) is 2.61. The summed E-state index contributed by atoms with van der Waals surface area (Å²) in [5, 5.41) is 16.3. The molecule has 2 unspecified atom stereocenters. The van der Waals surface area contributed by atoms with Crippen molar-refractivity contribution in [1.82, 2.24) is 10.6 Å². The molecule has 0 radical (unpaired) electrons. The number of aliphatic hydroxyl groups excluding tert-OH is 1. The number of carbonyl (C=O) groups excluding carboxylic acids is 1. The van der Waals surface area contributed by atoms with E-state index in [2.05, 4.69) is 10.6 Å². The predicted octanol–water partition coefficient (Wildman–Crippen LogP) is 1.67. The molecule has 0 bridgehead atoms. The van der Waals surface area contributed by atoms with E-state index in [1.807, 2.05) is 55.6 Å². The van der Waals surface area contributed by atoms with Gasteiger partial charge in [0.25, 0.3) is 0 Å². The Morgan fingerprint density at radius 2 is 1.69 bits per heavy atom. The summed E-state index contributed by atoms with van der Waals surface area (Å²) in [5.41, 5.74) is 1.65. The molecule has 2 atom stereocenters. The largest absolute Gasteiger partial charge is 0.389 e. The van der Waals surface area contributed by atoms with E-state index in [9.17, 15) is 9.90 Å². The molecule has 2 aromatic carbocycles. The lowest BCUT2D eigenvalue weighted by Crippen LogP contribution is -2.37. The number of ether oxygens (including phenoxy) is 1. The van der Waals surface area contributed by atoms with Crippen LogP contribution >= 0.6 is 0 Å². The zero-order valence-electron chi connectivity index (χ0n) is 15.2. The summed E-state index contributed by atoms with van der Waals surface area (Å²) in [4.78, 5) is 12.8. The monoisotopic (exact) mass is 356 g/mol. The van der Waals surface area contributed by atoms with Gasteiger partial charge in [-0.05, 0) is 12.6 Å². The Morgan fingerprint density at radius 1 is 1.04 bits per heavy atom. The van der Waals surface area contributed by atoms with Crippen LogP contribution in [0.25, 0.3) is 0 Å². The number of aliphatic hydroxyl groups is 1. The molecule has 0 saturated heterocycles. The molecule has 140 valence electrons. The second-order valence-electron chi connectivity index (χ2n) is 6.20. The molecule has 0 saturated carbocycles. The van der Waals surface area contributed by atoms with Gasteiger partial charge in [0, 0.05) is 31.6 Å². The molecule has 5 heteroatoms. The average Bonchev–Trinajstić information content (AvgIpc) is 2.69. The van der Waals surface area contributed by atoms with Gasteiger partial charge in [-0.2, -0.15) is 0 Å². The standard InChI is InChI=1S/C21H28N2O3/c1-22-12-13-23-15-19(24)16-26-20(14-17-8-4-2-5-9-17)21(25)18-10-6-3-7-11-18/h2-11,19-20,22-24H,12-16H2,1H3. The van der Waals surface area contributed by atoms with E-state index < -0.39 is 12.2 Å². The van der Waals surface area contributed by atoms with Crippen molar-refractivity contribution in [3.8, 4) is 0 Å². The molecular formula is C21H28N2O3. The van der Waals surface area contributed by atoms with Gasteiger partial charge < -0.3 is 20.5 Å². The normalized spacial score (nSPS) is 13.3. The topological polar surface area (TPSA) is 70.6 Å². The van der Waals surface area contributed by atoms with Gasteiger partial charge in [0.15, 0.2) is 5.78 Å². The van der Waals surface area contributed by atoms with Crippen molar-refractivity contribution >= 4 is 5.78 Å². The first kappa shape index (κ1) is 20.3. The molecule has 0 heterocycles. The van der Waals surface area contributed by atoms with E-state index in [0.29, 0.717) is 18.5 Å². The number of benzene rings is 2. The van der Waals surface area contributed by atoms with Crippen LogP contribution in [0.2, 0.25) is 0 Å². The van der Waals surface area contributed by atoms with Crippen molar-refractivity contribution in [2.75, 3.05) is 33.3 Å². The van der Waals surface area contributed by atoms with Crippen LogP contribution in [0.3, 0.4) is 0 Å². The molecule has 0 aromatic heterocycles. The summed E-state index contributed by atoms with van der Waals surface area (Å²) in [5.74, 6) is -0.0650. The Kier molecular flexibility index (Phi) is 9.00. The molecule has 26 heavy (non-hydrogen) atoms. The van der Waals surface area contributed by atoms with E-state index in [-0.39, 0.29) is 12.4 Å². The first-order valence-electron chi connectivity index (χ1n) is 8.99. The van der Waals surface area contributed by atoms with Crippen molar-refractivity contribution < 1.29 is 14.6 Å². The fraction of sp³-hybridized carbons (Fsp3) is 0.381. The van der Waals surface area contributed by atoms with Crippen LogP contribution in [-0.4, -0.2) is 56.4 Å². The second kappa shape index (κ2) is 11.5. The summed E-state index contributed by atoms with van der Waals surface area (Å²) in [6.45, 7) is 2.14. The maximum atomic E-state index is 12.8. The van der Waals surface area contributed by atoms with Crippen LogP contribution < -0.4 is 10.6 Å². The predicted molar refractivity (Wildman–Crippen MR) is 103 cm³/mol. The van der Waals surface area contributed by atoms with Gasteiger partial charge >= 0.3 is 0 Å². The van der Waals surface area contributed by atoms with Gasteiger partial charge in [0.2, 0.25) is 0 Å². The molecule has 0 aliphatic rings. The Hall–Kier alpha value is -2.05. The van der Waals surface area contributed by atoms with Crippen LogP contribution in [0.1, 0.15) is 15.9 Å². The molecule has 0 fully saturated rings. The van der Waals surface area contributed by atoms with Crippen LogP contribution in [-0.2, 0) is 11.2 Å². The van der Waals surface area contributed by atoms with E-state index in [1.165, 1.54) is 0 Å². The third-order valence-electron chi connectivity index (χ3n) is 4.04. The smallest absolute Gasteiger partial charge is 0.191 e. The number of rotatable bonds is 12. The third kappa shape index (κ3) is 7.06. The van der Waals surface area contributed by atoms with E-state index in [1.54, 1.807) is 12.1 Å². The number of hydrogen-bond acceptors (Lipinski definition) is 5. The van der Waals surface area contributed by atoms with Gasteiger partial charge in [-0.15, -0.1) is 0 Å². The number of likely N-dealkylation sites (N-methyl/N-ethyl adjacent to an activating group) is 1. The molecule has 3 N–H and O–H groups in total. The highest BCUT2D eigenvalue weighted by molar-refractivity contribution is 5.99. The van der Waals surface area contributed by atoms with E-state index >= 15 is 0 Å². The lowest BCUT2D eigenvalue weighted by atomic mass is 10.00. The number of Topliss-reactive ketones (excluding diaryl/α,β-unsaturated/α-hetero) is 1. The Morgan fingerprint density at radius 3 is 2.35 bits per heavy atom. The minimum atomic E-state index is -0.659. The number of nitrogens with one attached hydrogen (secondary N) is 2. The molecule has 0 aliphatic heterocycles.